The van der Waals surface area contributed by atoms with Crippen LogP contribution in [0.4, 0.5) is 0 Å². The van der Waals surface area contributed by atoms with Crippen LogP contribution in [-0.2, 0) is 4.79 Å². The second kappa shape index (κ2) is 3.41. The maximum absolute atomic E-state index is 11.1. The standard InChI is InChI=1S/C13H21NO2S/c1-7(2)12-4-9(12)8(3)13(6-12)14-10(5-17-13)11(15)16/h7-10,14H,4-6H2,1-3H3,(H,15,16)/t8-,9+,10?,12-,13+/m0/s1. The molecule has 0 amide bonds. The first-order valence-corrected chi connectivity index (χ1v) is 7.54. The summed E-state index contributed by atoms with van der Waals surface area (Å²) >= 11 is 1.86. The number of aliphatic carboxylic acids is 1. The summed E-state index contributed by atoms with van der Waals surface area (Å²) in [6.07, 6.45) is 2.52. The van der Waals surface area contributed by atoms with E-state index >= 15 is 0 Å². The highest BCUT2D eigenvalue weighted by Gasteiger charge is 2.71. The first kappa shape index (κ1) is 11.8. The van der Waals surface area contributed by atoms with Crippen LogP contribution in [0.25, 0.3) is 0 Å². The molecule has 3 fully saturated rings. The van der Waals surface area contributed by atoms with Gasteiger partial charge in [-0.05, 0) is 36.0 Å². The van der Waals surface area contributed by atoms with Gasteiger partial charge in [0.05, 0.1) is 4.87 Å². The number of carboxylic acid groups (broad SMARTS) is 1. The summed E-state index contributed by atoms with van der Waals surface area (Å²) in [7, 11) is 0. The summed E-state index contributed by atoms with van der Waals surface area (Å²) in [5.74, 6) is 2.18. The fourth-order valence-electron chi connectivity index (χ4n) is 4.18. The van der Waals surface area contributed by atoms with Gasteiger partial charge >= 0.3 is 5.97 Å². The normalized spacial score (nSPS) is 52.1. The van der Waals surface area contributed by atoms with Gasteiger partial charge in [0, 0.05) is 5.75 Å². The Kier molecular flexibility index (Phi) is 2.38. The van der Waals surface area contributed by atoms with Gasteiger partial charge in [0.25, 0.3) is 0 Å². The largest absolute Gasteiger partial charge is 0.480 e. The van der Waals surface area contributed by atoms with Gasteiger partial charge in [0.1, 0.15) is 6.04 Å². The van der Waals surface area contributed by atoms with Crippen molar-refractivity contribution >= 4 is 17.7 Å². The van der Waals surface area contributed by atoms with E-state index in [9.17, 15) is 4.79 Å². The van der Waals surface area contributed by atoms with Gasteiger partial charge in [0.2, 0.25) is 0 Å². The fourth-order valence-corrected chi connectivity index (χ4v) is 5.89. The third kappa shape index (κ3) is 1.43. The number of thioether (sulfide) groups is 1. The number of rotatable bonds is 2. The minimum absolute atomic E-state index is 0.0518. The Balaban J connectivity index is 1.81. The van der Waals surface area contributed by atoms with Gasteiger partial charge in [-0.2, -0.15) is 0 Å². The number of fused-ring (bicyclic) bond motifs is 1. The van der Waals surface area contributed by atoms with Crippen molar-refractivity contribution in [2.45, 2.75) is 44.5 Å². The zero-order chi connectivity index (χ0) is 12.4. The van der Waals surface area contributed by atoms with Crippen LogP contribution in [0.5, 0.6) is 0 Å². The van der Waals surface area contributed by atoms with Crippen LogP contribution in [0.1, 0.15) is 33.6 Å². The van der Waals surface area contributed by atoms with Crippen LogP contribution in [0, 0.1) is 23.2 Å². The van der Waals surface area contributed by atoms with Crippen molar-refractivity contribution in [3.8, 4) is 0 Å². The highest BCUT2D eigenvalue weighted by Crippen LogP contribution is 2.74. The van der Waals surface area contributed by atoms with E-state index in [1.807, 2.05) is 11.8 Å². The summed E-state index contributed by atoms with van der Waals surface area (Å²) < 4.78 is 0. The van der Waals surface area contributed by atoms with Gasteiger partial charge in [-0.25, -0.2) is 0 Å². The van der Waals surface area contributed by atoms with Crippen molar-refractivity contribution in [3.05, 3.63) is 0 Å². The van der Waals surface area contributed by atoms with E-state index in [2.05, 4.69) is 26.1 Å². The van der Waals surface area contributed by atoms with Crippen LogP contribution in [0.3, 0.4) is 0 Å². The van der Waals surface area contributed by atoms with Gasteiger partial charge in [-0.15, -0.1) is 11.8 Å². The number of carboxylic acids is 1. The highest BCUT2D eigenvalue weighted by molar-refractivity contribution is 8.01. The Morgan fingerprint density at radius 3 is 2.71 bits per heavy atom. The predicted molar refractivity (Wildman–Crippen MR) is 68.9 cm³/mol. The first-order valence-electron chi connectivity index (χ1n) is 6.56. The molecule has 96 valence electrons. The van der Waals surface area contributed by atoms with Crippen molar-refractivity contribution in [2.24, 2.45) is 23.2 Å². The van der Waals surface area contributed by atoms with Crippen molar-refractivity contribution in [2.75, 3.05) is 5.75 Å². The molecule has 3 aliphatic rings. The molecule has 3 rings (SSSR count). The highest BCUT2D eigenvalue weighted by atomic mass is 32.2. The molecule has 3 nitrogen and oxygen atoms in total. The molecule has 0 bridgehead atoms. The molecule has 2 aliphatic carbocycles. The molecule has 1 unspecified atom stereocenters. The summed E-state index contributed by atoms with van der Waals surface area (Å²) in [4.78, 5) is 11.1. The van der Waals surface area contributed by atoms with Gasteiger partial charge in [0.15, 0.2) is 0 Å². The van der Waals surface area contributed by atoms with E-state index in [0.717, 1.165) is 24.0 Å². The third-order valence-electron chi connectivity index (χ3n) is 5.48. The Morgan fingerprint density at radius 2 is 2.24 bits per heavy atom. The molecule has 0 radical (unpaired) electrons. The zero-order valence-electron chi connectivity index (χ0n) is 10.7. The Labute approximate surface area is 107 Å². The molecule has 1 heterocycles. The first-order chi connectivity index (χ1) is 7.91. The molecule has 1 saturated heterocycles. The molecule has 2 N–H and O–H groups in total. The molecule has 0 aromatic carbocycles. The lowest BCUT2D eigenvalue weighted by Gasteiger charge is -2.33. The molecule has 0 aromatic rings. The van der Waals surface area contributed by atoms with E-state index in [0.29, 0.717) is 11.3 Å². The number of hydrogen-bond donors (Lipinski definition) is 2. The Bertz CT molecular complexity index is 372. The van der Waals surface area contributed by atoms with E-state index in [-0.39, 0.29) is 10.9 Å². The van der Waals surface area contributed by atoms with E-state index in [1.54, 1.807) is 0 Å². The fraction of sp³-hybridized carbons (Fsp3) is 0.923. The van der Waals surface area contributed by atoms with Crippen LogP contribution in [0.2, 0.25) is 0 Å². The van der Waals surface area contributed by atoms with Gasteiger partial charge in [-0.1, -0.05) is 20.8 Å². The molecule has 17 heavy (non-hydrogen) atoms. The predicted octanol–water partition coefficient (Wildman–Crippen LogP) is 2.17. The lowest BCUT2D eigenvalue weighted by Crippen LogP contribution is -2.48. The van der Waals surface area contributed by atoms with Crippen LogP contribution in [0.15, 0.2) is 0 Å². The van der Waals surface area contributed by atoms with Crippen LogP contribution < -0.4 is 5.32 Å². The summed E-state index contributed by atoms with van der Waals surface area (Å²) in [5.41, 5.74) is 0.507. The number of hydrogen-bond acceptors (Lipinski definition) is 3. The smallest absolute Gasteiger partial charge is 0.321 e. The summed E-state index contributed by atoms with van der Waals surface area (Å²) in [6, 6.07) is -0.343. The second-order valence-electron chi connectivity index (χ2n) is 6.40. The monoisotopic (exact) mass is 255 g/mol. The maximum Gasteiger partial charge on any atom is 0.321 e. The number of carbonyl (C=O) groups is 1. The third-order valence-corrected chi connectivity index (χ3v) is 7.13. The van der Waals surface area contributed by atoms with Gasteiger partial charge < -0.3 is 5.11 Å². The average molecular weight is 255 g/mol. The topological polar surface area (TPSA) is 49.3 Å². The molecule has 5 atom stereocenters. The van der Waals surface area contributed by atoms with Crippen molar-refractivity contribution in [3.63, 3.8) is 0 Å². The molecular formula is C13H21NO2S. The molecule has 1 spiro atoms. The lowest BCUT2D eigenvalue weighted by molar-refractivity contribution is -0.139. The van der Waals surface area contributed by atoms with Crippen LogP contribution >= 0.6 is 11.8 Å². The van der Waals surface area contributed by atoms with E-state index in [1.165, 1.54) is 6.42 Å². The SMILES string of the molecule is CC(C)[C@@]12C[C@@H]1[C@H](C)[C@]1(C2)NC(C(=O)O)CS1. The molecule has 1 aliphatic heterocycles. The van der Waals surface area contributed by atoms with Crippen molar-refractivity contribution in [1.29, 1.82) is 0 Å². The minimum Gasteiger partial charge on any atom is -0.480 e. The average Bonchev–Trinajstić information content (AvgIpc) is 2.72. The Morgan fingerprint density at radius 1 is 1.53 bits per heavy atom. The zero-order valence-corrected chi connectivity index (χ0v) is 11.5. The Hall–Kier alpha value is -0.220. The van der Waals surface area contributed by atoms with E-state index < -0.39 is 5.97 Å². The number of nitrogens with one attached hydrogen (secondary N) is 1. The second-order valence-corrected chi connectivity index (χ2v) is 7.75. The molecular weight excluding hydrogens is 234 g/mol. The molecule has 4 heteroatoms. The van der Waals surface area contributed by atoms with Crippen molar-refractivity contribution in [1.82, 2.24) is 5.32 Å². The van der Waals surface area contributed by atoms with Crippen LogP contribution in [-0.4, -0.2) is 27.7 Å². The molecule has 2 saturated carbocycles. The van der Waals surface area contributed by atoms with Gasteiger partial charge in [-0.3, -0.25) is 10.1 Å². The molecule has 0 aromatic heterocycles. The van der Waals surface area contributed by atoms with Crippen molar-refractivity contribution < 1.29 is 9.90 Å². The minimum atomic E-state index is -0.694. The summed E-state index contributed by atoms with van der Waals surface area (Å²) in [5, 5.41) is 12.5. The lowest BCUT2D eigenvalue weighted by atomic mass is 9.89. The summed E-state index contributed by atoms with van der Waals surface area (Å²) in [6.45, 7) is 6.95. The quantitative estimate of drug-likeness (QED) is 0.794. The maximum atomic E-state index is 11.1. The van der Waals surface area contributed by atoms with E-state index in [4.69, 9.17) is 5.11 Å².